The van der Waals surface area contributed by atoms with Crippen LogP contribution in [0.2, 0.25) is 0 Å². The maximum atomic E-state index is 8.44. The summed E-state index contributed by atoms with van der Waals surface area (Å²) in [6.45, 7) is 21.6. The summed E-state index contributed by atoms with van der Waals surface area (Å²) in [5.74, 6) is 0. The highest BCUT2D eigenvalue weighted by atomic mass is 15.1. The molecule has 0 heterocycles. The van der Waals surface area contributed by atoms with Crippen molar-refractivity contribution in [3.63, 3.8) is 0 Å². The van der Waals surface area contributed by atoms with Gasteiger partial charge in [0.1, 0.15) is 0 Å². The molecular weight excluding hydrogens is 667 g/mol. The smallest absolute Gasteiger partial charge is 0.195 e. The third-order valence-corrected chi connectivity index (χ3v) is 11.4. The highest BCUT2D eigenvalue weighted by Gasteiger charge is 2.39. The van der Waals surface area contributed by atoms with Crippen molar-refractivity contribution < 1.29 is 0 Å². The van der Waals surface area contributed by atoms with Crippen molar-refractivity contribution in [1.82, 2.24) is 0 Å². The van der Waals surface area contributed by atoms with Crippen LogP contribution in [0.3, 0.4) is 0 Å². The summed E-state index contributed by atoms with van der Waals surface area (Å²) in [7, 11) is 0. The lowest BCUT2D eigenvalue weighted by atomic mass is 9.79. The zero-order valence-corrected chi connectivity index (χ0v) is 32.3. The average molecular weight is 710 g/mol. The maximum absolute atomic E-state index is 8.44. The summed E-state index contributed by atoms with van der Waals surface area (Å²) < 4.78 is 0. The van der Waals surface area contributed by atoms with Gasteiger partial charge in [0, 0.05) is 39.5 Å². The highest BCUT2D eigenvalue weighted by molar-refractivity contribution is 6.07. The molecule has 55 heavy (non-hydrogen) atoms. The summed E-state index contributed by atoms with van der Waals surface area (Å²) in [6, 6.07) is 55.2. The van der Waals surface area contributed by atoms with Crippen molar-refractivity contribution in [2.24, 2.45) is 0 Å². The molecule has 0 N–H and O–H groups in total. The molecule has 0 radical (unpaired) electrons. The molecule has 0 aromatic heterocycles. The first-order chi connectivity index (χ1) is 26.6. The predicted octanol–water partition coefficient (Wildman–Crippen LogP) is 15.0. The molecule has 0 fully saturated rings. The van der Waals surface area contributed by atoms with Gasteiger partial charge < -0.3 is 9.80 Å². The minimum Gasteiger partial charge on any atom is -0.310 e. The van der Waals surface area contributed by atoms with Crippen LogP contribution in [0, 0.1) is 34.3 Å². The Kier molecular flexibility index (Phi) is 8.10. The van der Waals surface area contributed by atoms with Gasteiger partial charge in [-0.3, -0.25) is 0 Å². The second kappa shape index (κ2) is 13.0. The molecule has 0 aliphatic heterocycles. The lowest BCUT2D eigenvalue weighted by molar-refractivity contribution is 0.667. The topological polar surface area (TPSA) is 10.8 Å². The molecule has 1 aliphatic carbocycles. The number of rotatable bonds is 6. The standard InChI is InChI=1S/C52H43N3/c1-33-8-17-40(18-9-33)54(41-19-10-34(2)11-20-41)44-25-16-37-30-47-48(31-38(37)28-44)52(5,6)51-46-27-26-45(29-39(46)32-49(53-7)50(47)51)55(42-21-12-35(3)13-22-42)43-23-14-36(4)15-24-43/h8-32H,1-6H3. The van der Waals surface area contributed by atoms with Crippen LogP contribution in [-0.4, -0.2) is 0 Å². The Labute approximate surface area is 324 Å². The first-order valence-corrected chi connectivity index (χ1v) is 19.0. The Hall–Kier alpha value is -6.63. The monoisotopic (exact) mass is 709 g/mol. The largest absolute Gasteiger partial charge is 0.310 e. The number of aryl methyl sites for hydroxylation is 4. The Morgan fingerprint density at radius 1 is 0.436 bits per heavy atom. The van der Waals surface area contributed by atoms with E-state index in [4.69, 9.17) is 6.57 Å². The molecule has 0 atom stereocenters. The van der Waals surface area contributed by atoms with Crippen LogP contribution in [-0.2, 0) is 5.41 Å². The van der Waals surface area contributed by atoms with Gasteiger partial charge in [-0.2, -0.15) is 0 Å². The van der Waals surface area contributed by atoms with Crippen LogP contribution < -0.4 is 9.80 Å². The van der Waals surface area contributed by atoms with Crippen molar-refractivity contribution in [2.75, 3.05) is 9.80 Å². The van der Waals surface area contributed by atoms with Gasteiger partial charge in [0.05, 0.1) is 6.57 Å². The van der Waals surface area contributed by atoms with Gasteiger partial charge in [-0.05, 0) is 162 Å². The molecule has 0 bridgehead atoms. The molecule has 3 heteroatoms. The molecule has 0 saturated carbocycles. The summed E-state index contributed by atoms with van der Waals surface area (Å²) in [6.07, 6.45) is 0. The van der Waals surface area contributed by atoms with E-state index in [2.05, 4.69) is 208 Å². The van der Waals surface area contributed by atoms with Crippen molar-refractivity contribution in [1.29, 1.82) is 0 Å². The number of benzene rings is 8. The fourth-order valence-corrected chi connectivity index (χ4v) is 8.48. The molecule has 1 aliphatic rings. The minimum atomic E-state index is -0.323. The first kappa shape index (κ1) is 34.2. The molecule has 3 nitrogen and oxygen atoms in total. The van der Waals surface area contributed by atoms with Crippen LogP contribution in [0.5, 0.6) is 0 Å². The van der Waals surface area contributed by atoms with E-state index >= 15 is 0 Å². The summed E-state index contributed by atoms with van der Waals surface area (Å²) in [5, 5.41) is 4.61. The summed E-state index contributed by atoms with van der Waals surface area (Å²) in [5.41, 5.74) is 16.6. The zero-order chi connectivity index (χ0) is 38.0. The third kappa shape index (κ3) is 5.83. The van der Waals surface area contributed by atoms with E-state index in [-0.39, 0.29) is 5.41 Å². The number of fused-ring (bicyclic) bond motifs is 6. The van der Waals surface area contributed by atoms with E-state index in [9.17, 15) is 0 Å². The van der Waals surface area contributed by atoms with Crippen LogP contribution in [0.1, 0.15) is 47.2 Å². The average Bonchev–Trinajstić information content (AvgIpc) is 3.42. The van der Waals surface area contributed by atoms with Crippen LogP contribution in [0.25, 0.3) is 37.5 Å². The highest BCUT2D eigenvalue weighted by Crippen LogP contribution is 2.56. The lowest BCUT2D eigenvalue weighted by Crippen LogP contribution is -2.16. The number of hydrogen-bond acceptors (Lipinski definition) is 2. The minimum absolute atomic E-state index is 0.323. The van der Waals surface area contributed by atoms with E-state index in [1.165, 1.54) is 44.2 Å². The van der Waals surface area contributed by atoms with E-state index in [0.29, 0.717) is 5.69 Å². The fraction of sp³-hybridized carbons (Fsp3) is 0.135. The lowest BCUT2D eigenvalue weighted by Gasteiger charge is -2.28. The molecule has 0 unspecified atom stereocenters. The Bertz CT molecular complexity index is 2710. The van der Waals surface area contributed by atoms with Gasteiger partial charge >= 0.3 is 0 Å². The quantitative estimate of drug-likeness (QED) is 0.159. The van der Waals surface area contributed by atoms with Crippen molar-refractivity contribution in [2.45, 2.75) is 47.0 Å². The molecule has 0 spiro atoms. The van der Waals surface area contributed by atoms with Gasteiger partial charge in [0.15, 0.2) is 5.69 Å². The zero-order valence-electron chi connectivity index (χ0n) is 32.3. The SMILES string of the molecule is [C-]#[N+]c1cc2cc(N(c3ccc(C)cc3)c3ccc(C)cc3)ccc2c2c1-c1cc3ccc(N(c4ccc(C)cc4)c4ccc(C)cc4)cc3cc1C2(C)C. The van der Waals surface area contributed by atoms with Gasteiger partial charge in [-0.1, -0.05) is 96.8 Å². The Balaban J connectivity index is 1.18. The number of nitrogens with zero attached hydrogens (tertiary/aromatic N) is 3. The molecule has 0 saturated heterocycles. The summed E-state index contributed by atoms with van der Waals surface area (Å²) in [4.78, 5) is 8.84. The van der Waals surface area contributed by atoms with Gasteiger partial charge in [0.2, 0.25) is 0 Å². The Morgan fingerprint density at radius 2 is 0.855 bits per heavy atom. The van der Waals surface area contributed by atoms with Gasteiger partial charge in [-0.25, -0.2) is 4.85 Å². The van der Waals surface area contributed by atoms with Crippen molar-refractivity contribution >= 4 is 61.4 Å². The molecule has 8 aromatic rings. The molecular formula is C52H43N3. The fourth-order valence-electron chi connectivity index (χ4n) is 8.48. The number of anilines is 6. The molecule has 0 amide bonds. The molecule has 9 rings (SSSR count). The van der Waals surface area contributed by atoms with Crippen LogP contribution in [0.4, 0.5) is 39.8 Å². The number of hydrogen-bond donors (Lipinski definition) is 0. The molecule has 266 valence electrons. The molecule has 8 aromatic carbocycles. The summed E-state index contributed by atoms with van der Waals surface area (Å²) >= 11 is 0. The van der Waals surface area contributed by atoms with E-state index < -0.39 is 0 Å². The first-order valence-electron chi connectivity index (χ1n) is 19.0. The maximum Gasteiger partial charge on any atom is 0.195 e. The Morgan fingerprint density at radius 3 is 1.31 bits per heavy atom. The second-order valence-electron chi connectivity index (χ2n) is 15.7. The van der Waals surface area contributed by atoms with Gasteiger partial charge in [0.25, 0.3) is 0 Å². The van der Waals surface area contributed by atoms with Crippen molar-refractivity contribution in [3.8, 4) is 11.1 Å². The van der Waals surface area contributed by atoms with E-state index in [1.54, 1.807) is 0 Å². The van der Waals surface area contributed by atoms with Crippen LogP contribution >= 0.6 is 0 Å². The second-order valence-corrected chi connectivity index (χ2v) is 15.7. The van der Waals surface area contributed by atoms with Crippen molar-refractivity contribution in [3.05, 3.63) is 196 Å². The third-order valence-electron chi connectivity index (χ3n) is 11.4. The van der Waals surface area contributed by atoms with Crippen LogP contribution in [0.15, 0.2) is 152 Å². The van der Waals surface area contributed by atoms with E-state index in [0.717, 1.165) is 56.0 Å². The predicted molar refractivity (Wildman–Crippen MR) is 234 cm³/mol. The van der Waals surface area contributed by atoms with Gasteiger partial charge in [-0.15, -0.1) is 0 Å². The van der Waals surface area contributed by atoms with E-state index in [1.807, 2.05) is 0 Å². The normalized spacial score (nSPS) is 12.7.